The highest BCUT2D eigenvalue weighted by atomic mass is 16.5. The molecule has 0 aliphatic heterocycles. The predicted octanol–water partition coefficient (Wildman–Crippen LogP) is 4.55. The van der Waals surface area contributed by atoms with Gasteiger partial charge in [0, 0.05) is 0 Å². The number of aromatic hydroxyl groups is 1. The average Bonchev–Trinajstić information content (AvgIpc) is 2.91. The topological polar surface area (TPSA) is 53.2 Å². The van der Waals surface area contributed by atoms with Crippen molar-refractivity contribution in [1.82, 2.24) is 0 Å². The number of fused-ring (bicyclic) bond motifs is 5. The Labute approximate surface area is 144 Å². The van der Waals surface area contributed by atoms with Crippen molar-refractivity contribution in [2.24, 2.45) is 17.3 Å². The molecule has 1 aromatic rings. The lowest BCUT2D eigenvalue weighted by Crippen LogP contribution is -2.44. The fourth-order valence-corrected chi connectivity index (χ4v) is 6.04. The summed E-state index contributed by atoms with van der Waals surface area (Å²) in [5.74, 6) is 2.56. The van der Waals surface area contributed by atoms with Gasteiger partial charge in [0.15, 0.2) is 0 Å². The number of benzene rings is 1. The van der Waals surface area contributed by atoms with Crippen molar-refractivity contribution >= 4 is 0 Å². The second-order valence-corrected chi connectivity index (χ2v) is 8.19. The smallest absolute Gasteiger partial charge is 0.115 e. The SMILES string of the molecule is C[C@]12CC[C@@H]3c4ccc(O)cc4CC[C@H]3[C@@H]1CC[C@@H]2OCCC#N. The van der Waals surface area contributed by atoms with Gasteiger partial charge in [0.25, 0.3) is 0 Å². The maximum Gasteiger partial charge on any atom is 0.115 e. The van der Waals surface area contributed by atoms with Crippen molar-refractivity contribution in [2.75, 3.05) is 6.61 Å². The monoisotopic (exact) mass is 325 g/mol. The Bertz CT molecular complexity index is 664. The Morgan fingerprint density at radius 1 is 1.29 bits per heavy atom. The molecule has 0 amide bonds. The van der Waals surface area contributed by atoms with Gasteiger partial charge in [-0.15, -0.1) is 0 Å². The van der Waals surface area contributed by atoms with E-state index in [2.05, 4.69) is 19.1 Å². The molecule has 3 aliphatic carbocycles. The van der Waals surface area contributed by atoms with Crippen LogP contribution in [-0.4, -0.2) is 17.8 Å². The van der Waals surface area contributed by atoms with Crippen molar-refractivity contribution in [3.05, 3.63) is 29.3 Å². The van der Waals surface area contributed by atoms with Crippen molar-refractivity contribution in [3.63, 3.8) is 0 Å². The highest BCUT2D eigenvalue weighted by molar-refractivity contribution is 5.40. The minimum atomic E-state index is 0.283. The summed E-state index contributed by atoms with van der Waals surface area (Å²) in [5, 5.41) is 18.5. The van der Waals surface area contributed by atoms with Crippen LogP contribution in [0.2, 0.25) is 0 Å². The summed E-state index contributed by atoms with van der Waals surface area (Å²) < 4.78 is 6.13. The molecule has 4 rings (SSSR count). The van der Waals surface area contributed by atoms with Crippen LogP contribution in [0.3, 0.4) is 0 Å². The third-order valence-corrected chi connectivity index (χ3v) is 7.16. The number of hydrogen-bond donors (Lipinski definition) is 1. The molecule has 2 saturated carbocycles. The van der Waals surface area contributed by atoms with E-state index in [0.29, 0.717) is 30.8 Å². The molecule has 0 aromatic heterocycles. The van der Waals surface area contributed by atoms with Crippen LogP contribution in [0.25, 0.3) is 0 Å². The number of phenols is 1. The molecule has 3 nitrogen and oxygen atoms in total. The summed E-state index contributed by atoms with van der Waals surface area (Å²) in [5.41, 5.74) is 3.13. The van der Waals surface area contributed by atoms with E-state index in [1.165, 1.54) is 36.8 Å². The average molecular weight is 325 g/mol. The zero-order chi connectivity index (χ0) is 16.7. The summed E-state index contributed by atoms with van der Waals surface area (Å²) in [7, 11) is 0. The molecule has 0 saturated heterocycles. The first kappa shape index (κ1) is 16.0. The Morgan fingerprint density at radius 2 is 2.17 bits per heavy atom. The molecule has 128 valence electrons. The lowest BCUT2D eigenvalue weighted by atomic mass is 9.55. The fourth-order valence-electron chi connectivity index (χ4n) is 6.04. The summed E-state index contributed by atoms with van der Waals surface area (Å²) in [6.07, 6.45) is 8.03. The number of hydrogen-bond acceptors (Lipinski definition) is 3. The van der Waals surface area contributed by atoms with E-state index in [9.17, 15) is 5.11 Å². The molecule has 0 radical (unpaired) electrons. The van der Waals surface area contributed by atoms with Gasteiger partial charge in [-0.05, 0) is 85.0 Å². The molecular formula is C21H27NO2. The minimum absolute atomic E-state index is 0.283. The minimum Gasteiger partial charge on any atom is -0.508 e. The molecule has 0 heterocycles. The van der Waals surface area contributed by atoms with E-state index in [1.54, 1.807) is 0 Å². The largest absolute Gasteiger partial charge is 0.508 e. The summed E-state index contributed by atoms with van der Waals surface area (Å²) in [4.78, 5) is 0. The van der Waals surface area contributed by atoms with Crippen LogP contribution in [0.15, 0.2) is 18.2 Å². The lowest BCUT2D eigenvalue weighted by Gasteiger charge is -2.50. The van der Waals surface area contributed by atoms with Gasteiger partial charge in [0.1, 0.15) is 5.75 Å². The van der Waals surface area contributed by atoms with Gasteiger partial charge < -0.3 is 9.84 Å². The van der Waals surface area contributed by atoms with Crippen molar-refractivity contribution < 1.29 is 9.84 Å². The summed E-state index contributed by atoms with van der Waals surface area (Å²) >= 11 is 0. The first-order valence-corrected chi connectivity index (χ1v) is 9.44. The van der Waals surface area contributed by atoms with Crippen molar-refractivity contribution in [1.29, 1.82) is 5.26 Å². The molecule has 1 aromatic carbocycles. The molecule has 0 bridgehead atoms. The second-order valence-electron chi connectivity index (χ2n) is 8.19. The third-order valence-electron chi connectivity index (χ3n) is 7.16. The van der Waals surface area contributed by atoms with E-state index in [0.717, 1.165) is 24.7 Å². The molecule has 2 fully saturated rings. The van der Waals surface area contributed by atoms with E-state index in [-0.39, 0.29) is 5.41 Å². The van der Waals surface area contributed by atoms with E-state index >= 15 is 0 Å². The standard InChI is InChI=1S/C21H27NO2/c1-21-10-9-17-16-6-4-15(23)13-14(16)3-5-18(17)19(21)7-8-20(21)24-12-2-11-22/h4,6,13,17-20,23H,2-3,5,7-10,12H2,1H3/t17-,18-,19+,20+,21+/m1/s1. The van der Waals surface area contributed by atoms with Gasteiger partial charge in [0.2, 0.25) is 0 Å². The molecular weight excluding hydrogens is 298 g/mol. The number of aryl methyl sites for hydroxylation is 1. The van der Waals surface area contributed by atoms with Gasteiger partial charge in [0.05, 0.1) is 25.2 Å². The van der Waals surface area contributed by atoms with Crippen LogP contribution in [0.5, 0.6) is 5.75 Å². The first-order valence-electron chi connectivity index (χ1n) is 9.44. The number of nitrogens with zero attached hydrogens (tertiary/aromatic N) is 1. The Morgan fingerprint density at radius 3 is 3.00 bits per heavy atom. The zero-order valence-electron chi connectivity index (χ0n) is 14.5. The molecule has 3 aliphatic rings. The van der Waals surface area contributed by atoms with Crippen LogP contribution >= 0.6 is 0 Å². The maximum atomic E-state index is 9.77. The summed E-state index contributed by atoms with van der Waals surface area (Å²) in [6.45, 7) is 3.02. The Balaban J connectivity index is 1.56. The highest BCUT2D eigenvalue weighted by Gasteiger charge is 2.55. The van der Waals surface area contributed by atoms with Crippen molar-refractivity contribution in [3.8, 4) is 11.8 Å². The lowest BCUT2D eigenvalue weighted by molar-refractivity contribution is -0.0623. The number of nitriles is 1. The molecule has 0 unspecified atom stereocenters. The maximum absolute atomic E-state index is 9.77. The van der Waals surface area contributed by atoms with Gasteiger partial charge in [-0.25, -0.2) is 0 Å². The fraction of sp³-hybridized carbons (Fsp3) is 0.667. The number of rotatable bonds is 3. The number of phenolic OH excluding ortho intramolecular Hbond substituents is 1. The highest BCUT2D eigenvalue weighted by Crippen LogP contribution is 2.61. The summed E-state index contributed by atoms with van der Waals surface area (Å²) in [6, 6.07) is 8.19. The van der Waals surface area contributed by atoms with Crippen LogP contribution in [0.4, 0.5) is 0 Å². The normalized spacial score (nSPS) is 37.2. The third kappa shape index (κ3) is 2.43. The Kier molecular flexibility index (Phi) is 4.04. The van der Waals surface area contributed by atoms with Gasteiger partial charge in [-0.3, -0.25) is 0 Å². The van der Waals surface area contributed by atoms with E-state index < -0.39 is 0 Å². The molecule has 0 spiro atoms. The first-order chi connectivity index (χ1) is 11.6. The molecule has 24 heavy (non-hydrogen) atoms. The van der Waals surface area contributed by atoms with Gasteiger partial charge >= 0.3 is 0 Å². The van der Waals surface area contributed by atoms with Crippen LogP contribution in [0, 0.1) is 28.6 Å². The van der Waals surface area contributed by atoms with Crippen LogP contribution < -0.4 is 0 Å². The molecule has 3 heteroatoms. The van der Waals surface area contributed by atoms with Gasteiger partial charge in [-0.2, -0.15) is 5.26 Å². The van der Waals surface area contributed by atoms with Crippen LogP contribution in [-0.2, 0) is 11.2 Å². The van der Waals surface area contributed by atoms with Crippen LogP contribution in [0.1, 0.15) is 62.5 Å². The molecule has 5 atom stereocenters. The van der Waals surface area contributed by atoms with E-state index in [1.807, 2.05) is 12.1 Å². The Hall–Kier alpha value is -1.53. The molecule has 1 N–H and O–H groups in total. The predicted molar refractivity (Wildman–Crippen MR) is 92.7 cm³/mol. The zero-order valence-corrected chi connectivity index (χ0v) is 14.5. The number of ether oxygens (including phenoxy) is 1. The quantitative estimate of drug-likeness (QED) is 0.830. The second kappa shape index (κ2) is 6.08. The van der Waals surface area contributed by atoms with Gasteiger partial charge in [-0.1, -0.05) is 13.0 Å². The van der Waals surface area contributed by atoms with Crippen molar-refractivity contribution in [2.45, 2.75) is 63.9 Å². The van der Waals surface area contributed by atoms with E-state index in [4.69, 9.17) is 10.00 Å².